The fourth-order valence-electron chi connectivity index (χ4n) is 2.08. The quantitative estimate of drug-likeness (QED) is 0.748. The lowest BCUT2D eigenvalue weighted by Crippen LogP contribution is -2.48. The van der Waals surface area contributed by atoms with Crippen molar-refractivity contribution in [1.29, 1.82) is 0 Å². The lowest BCUT2D eigenvalue weighted by Gasteiger charge is -2.35. The van der Waals surface area contributed by atoms with Crippen LogP contribution in [0.5, 0.6) is 0 Å². The Morgan fingerprint density at radius 3 is 2.33 bits per heavy atom. The molecule has 0 aliphatic carbocycles. The predicted octanol–water partition coefficient (Wildman–Crippen LogP) is 2.05. The monoisotopic (exact) mass is 248 g/mol. The van der Waals surface area contributed by atoms with E-state index in [2.05, 4.69) is 4.90 Å². The van der Waals surface area contributed by atoms with Gasteiger partial charge in [0.05, 0.1) is 0 Å². The zero-order valence-electron chi connectivity index (χ0n) is 10.5. The molecule has 1 saturated heterocycles. The predicted molar refractivity (Wildman–Crippen MR) is 70.0 cm³/mol. The Balaban J connectivity index is 1.94. The highest BCUT2D eigenvalue weighted by Crippen LogP contribution is 2.16. The summed E-state index contributed by atoms with van der Waals surface area (Å²) < 4.78 is 12.8. The molecule has 0 atom stereocenters. The highest BCUT2D eigenvalue weighted by molar-refractivity contribution is 5.87. The van der Waals surface area contributed by atoms with Gasteiger partial charge in [0.25, 0.3) is 0 Å². The summed E-state index contributed by atoms with van der Waals surface area (Å²) in [5, 5.41) is 0. The average molecular weight is 248 g/mol. The highest BCUT2D eigenvalue weighted by Gasteiger charge is 2.19. The molecule has 0 bridgehead atoms. The number of halogens is 1. The topological polar surface area (TPSA) is 23.6 Å². The minimum Gasteiger partial charge on any atom is -0.368 e. The Morgan fingerprint density at radius 1 is 1.17 bits per heavy atom. The van der Waals surface area contributed by atoms with E-state index in [1.165, 1.54) is 12.1 Å². The molecule has 1 amide bonds. The summed E-state index contributed by atoms with van der Waals surface area (Å²) in [6.07, 6.45) is 3.35. The van der Waals surface area contributed by atoms with Crippen LogP contribution in [0.2, 0.25) is 0 Å². The third-order valence-corrected chi connectivity index (χ3v) is 3.09. The maximum atomic E-state index is 12.8. The lowest BCUT2D eigenvalue weighted by molar-refractivity contribution is -0.126. The van der Waals surface area contributed by atoms with Gasteiger partial charge in [0, 0.05) is 31.9 Å². The molecular formula is C14H17FN2O. The number of hydrogen-bond donors (Lipinski definition) is 0. The van der Waals surface area contributed by atoms with E-state index in [4.69, 9.17) is 0 Å². The molecule has 2 rings (SSSR count). The molecule has 0 unspecified atom stereocenters. The van der Waals surface area contributed by atoms with Crippen molar-refractivity contribution in [3.8, 4) is 0 Å². The molecule has 0 aromatic heterocycles. The minimum atomic E-state index is -0.222. The Labute approximate surface area is 107 Å². The van der Waals surface area contributed by atoms with Crippen molar-refractivity contribution in [1.82, 2.24) is 4.90 Å². The lowest BCUT2D eigenvalue weighted by atomic mass is 10.2. The molecule has 1 aromatic rings. The second-order valence-electron chi connectivity index (χ2n) is 4.29. The Bertz CT molecular complexity index is 434. The maximum absolute atomic E-state index is 12.8. The van der Waals surface area contributed by atoms with Crippen molar-refractivity contribution in [3.63, 3.8) is 0 Å². The molecule has 4 heteroatoms. The molecule has 1 fully saturated rings. The van der Waals surface area contributed by atoms with Crippen LogP contribution in [0.3, 0.4) is 0 Å². The Hall–Kier alpha value is -1.84. The third-order valence-electron chi connectivity index (χ3n) is 3.09. The number of rotatable bonds is 2. The van der Waals surface area contributed by atoms with Crippen molar-refractivity contribution in [2.24, 2.45) is 0 Å². The van der Waals surface area contributed by atoms with E-state index < -0.39 is 0 Å². The van der Waals surface area contributed by atoms with Gasteiger partial charge in [-0.05, 0) is 37.3 Å². The maximum Gasteiger partial charge on any atom is 0.246 e. The van der Waals surface area contributed by atoms with Crippen molar-refractivity contribution >= 4 is 11.6 Å². The molecule has 18 heavy (non-hydrogen) atoms. The van der Waals surface area contributed by atoms with E-state index in [9.17, 15) is 9.18 Å². The van der Waals surface area contributed by atoms with Gasteiger partial charge >= 0.3 is 0 Å². The smallest absolute Gasteiger partial charge is 0.246 e. The zero-order chi connectivity index (χ0) is 13.0. The molecule has 1 heterocycles. The molecule has 1 aliphatic heterocycles. The second-order valence-corrected chi connectivity index (χ2v) is 4.29. The van der Waals surface area contributed by atoms with E-state index in [1.807, 2.05) is 11.8 Å². The van der Waals surface area contributed by atoms with Gasteiger partial charge in [-0.3, -0.25) is 4.79 Å². The van der Waals surface area contributed by atoms with Gasteiger partial charge in [-0.25, -0.2) is 4.39 Å². The fraction of sp³-hybridized carbons (Fsp3) is 0.357. The number of nitrogens with zero attached hydrogens (tertiary/aromatic N) is 2. The van der Waals surface area contributed by atoms with Gasteiger partial charge in [0.2, 0.25) is 5.91 Å². The molecular weight excluding hydrogens is 231 g/mol. The third kappa shape index (κ3) is 2.88. The van der Waals surface area contributed by atoms with Crippen LogP contribution < -0.4 is 4.90 Å². The standard InChI is InChI=1S/C14H17FN2O/c1-2-3-14(18)17-10-8-16(9-11-17)13-6-4-12(15)5-7-13/h2-7H,8-11H2,1H3. The molecule has 3 nitrogen and oxygen atoms in total. The Kier molecular flexibility index (Phi) is 3.97. The summed E-state index contributed by atoms with van der Waals surface area (Å²) in [7, 11) is 0. The summed E-state index contributed by atoms with van der Waals surface area (Å²) in [6.45, 7) is 4.83. The number of hydrogen-bond acceptors (Lipinski definition) is 2. The van der Waals surface area contributed by atoms with Crippen molar-refractivity contribution in [2.75, 3.05) is 31.1 Å². The highest BCUT2D eigenvalue weighted by atomic mass is 19.1. The van der Waals surface area contributed by atoms with E-state index in [0.717, 1.165) is 18.8 Å². The van der Waals surface area contributed by atoms with Crippen LogP contribution in [0.15, 0.2) is 36.4 Å². The van der Waals surface area contributed by atoms with Gasteiger partial charge in [0.1, 0.15) is 5.82 Å². The van der Waals surface area contributed by atoms with E-state index >= 15 is 0 Å². The zero-order valence-corrected chi connectivity index (χ0v) is 10.5. The number of amides is 1. The van der Waals surface area contributed by atoms with E-state index in [0.29, 0.717) is 13.1 Å². The van der Waals surface area contributed by atoms with Gasteiger partial charge in [-0.15, -0.1) is 0 Å². The van der Waals surface area contributed by atoms with Gasteiger partial charge in [-0.1, -0.05) is 6.08 Å². The van der Waals surface area contributed by atoms with E-state index in [1.54, 1.807) is 24.3 Å². The minimum absolute atomic E-state index is 0.0660. The first kappa shape index (κ1) is 12.6. The average Bonchev–Trinajstić information content (AvgIpc) is 2.40. The summed E-state index contributed by atoms with van der Waals surface area (Å²) >= 11 is 0. The SMILES string of the molecule is CC=CC(=O)N1CCN(c2ccc(F)cc2)CC1. The van der Waals surface area contributed by atoms with Crippen LogP contribution in [0.1, 0.15) is 6.92 Å². The van der Waals surface area contributed by atoms with Crippen LogP contribution in [0, 0.1) is 5.82 Å². The van der Waals surface area contributed by atoms with Crippen molar-refractivity contribution < 1.29 is 9.18 Å². The number of carbonyl (C=O) groups is 1. The summed E-state index contributed by atoms with van der Waals surface area (Å²) in [5.74, 6) is -0.156. The molecule has 1 aromatic carbocycles. The first-order chi connectivity index (χ1) is 8.70. The number of allylic oxidation sites excluding steroid dienone is 1. The normalized spacial score (nSPS) is 16.3. The van der Waals surface area contributed by atoms with Crippen LogP contribution >= 0.6 is 0 Å². The van der Waals surface area contributed by atoms with Gasteiger partial charge in [0.15, 0.2) is 0 Å². The number of anilines is 1. The van der Waals surface area contributed by atoms with E-state index in [-0.39, 0.29) is 11.7 Å². The number of piperazine rings is 1. The molecule has 0 radical (unpaired) electrons. The number of carbonyl (C=O) groups excluding carboxylic acids is 1. The molecule has 0 saturated carbocycles. The van der Waals surface area contributed by atoms with Crippen LogP contribution in [0.4, 0.5) is 10.1 Å². The van der Waals surface area contributed by atoms with Crippen LogP contribution in [-0.2, 0) is 4.79 Å². The fourth-order valence-corrected chi connectivity index (χ4v) is 2.08. The molecule has 0 N–H and O–H groups in total. The summed E-state index contributed by atoms with van der Waals surface area (Å²) in [5.41, 5.74) is 1.01. The molecule has 1 aliphatic rings. The van der Waals surface area contributed by atoms with Gasteiger partial charge < -0.3 is 9.80 Å². The van der Waals surface area contributed by atoms with Gasteiger partial charge in [-0.2, -0.15) is 0 Å². The molecule has 96 valence electrons. The Morgan fingerprint density at radius 2 is 1.78 bits per heavy atom. The first-order valence-corrected chi connectivity index (χ1v) is 6.13. The number of benzene rings is 1. The summed E-state index contributed by atoms with van der Waals surface area (Å²) in [4.78, 5) is 15.7. The van der Waals surface area contributed by atoms with Crippen molar-refractivity contribution in [2.45, 2.75) is 6.92 Å². The first-order valence-electron chi connectivity index (χ1n) is 6.13. The van der Waals surface area contributed by atoms with Crippen LogP contribution in [-0.4, -0.2) is 37.0 Å². The summed E-state index contributed by atoms with van der Waals surface area (Å²) in [6, 6.07) is 6.48. The second kappa shape index (κ2) is 5.67. The van der Waals surface area contributed by atoms with Crippen molar-refractivity contribution in [3.05, 3.63) is 42.2 Å². The largest absolute Gasteiger partial charge is 0.368 e. The van der Waals surface area contributed by atoms with Crippen LogP contribution in [0.25, 0.3) is 0 Å². The molecule has 0 spiro atoms.